The fourth-order valence-corrected chi connectivity index (χ4v) is 2.62. The van der Waals surface area contributed by atoms with Gasteiger partial charge in [0.25, 0.3) is 10.1 Å². The average molecular weight is 319 g/mol. The molecule has 0 radical (unpaired) electrons. The molecule has 0 aromatic carbocycles. The van der Waals surface area contributed by atoms with Crippen molar-refractivity contribution >= 4 is 10.1 Å². The van der Waals surface area contributed by atoms with Gasteiger partial charge in [-0.1, -0.05) is 19.4 Å². The smallest absolute Gasteiger partial charge is 0.294 e. The van der Waals surface area contributed by atoms with Gasteiger partial charge in [-0.2, -0.15) is 8.42 Å². The van der Waals surface area contributed by atoms with Crippen LogP contribution in [0.15, 0.2) is 23.1 Å². The van der Waals surface area contributed by atoms with Crippen LogP contribution in [0.2, 0.25) is 0 Å². The van der Waals surface area contributed by atoms with E-state index in [1.54, 1.807) is 0 Å². The Balaban J connectivity index is 2.58. The van der Waals surface area contributed by atoms with E-state index in [2.05, 4.69) is 6.92 Å². The first-order valence-electron chi connectivity index (χ1n) is 6.91. The first-order chi connectivity index (χ1) is 9.82. The van der Waals surface area contributed by atoms with Crippen LogP contribution in [0.3, 0.4) is 0 Å². The number of rotatable bonds is 9. The van der Waals surface area contributed by atoms with E-state index in [4.69, 9.17) is 9.29 Å². The quantitative estimate of drug-likeness (QED) is 0.302. The summed E-state index contributed by atoms with van der Waals surface area (Å²) in [5.41, 5.74) is -1.32. The van der Waals surface area contributed by atoms with Crippen molar-refractivity contribution in [3.63, 3.8) is 0 Å². The number of unbranched alkanes of at least 4 members (excludes halogenated alkanes) is 1. The molecule has 0 saturated carbocycles. The van der Waals surface area contributed by atoms with E-state index in [0.29, 0.717) is 19.6 Å². The van der Waals surface area contributed by atoms with Crippen molar-refractivity contribution < 1.29 is 22.6 Å². The SMILES string of the molecule is CCCCOCCCC1([N+](=O)[O-])C=CC(S(=O)(=O)O)=CC1. The molecule has 7 nitrogen and oxygen atoms in total. The lowest BCUT2D eigenvalue weighted by Gasteiger charge is -2.23. The Hall–Kier alpha value is -1.25. The van der Waals surface area contributed by atoms with Crippen molar-refractivity contribution in [3.05, 3.63) is 33.2 Å². The minimum Gasteiger partial charge on any atom is -0.381 e. The van der Waals surface area contributed by atoms with Gasteiger partial charge in [-0.25, -0.2) is 0 Å². The summed E-state index contributed by atoms with van der Waals surface area (Å²) in [6.07, 6.45) is 6.26. The summed E-state index contributed by atoms with van der Waals surface area (Å²) < 4.78 is 36.2. The van der Waals surface area contributed by atoms with Gasteiger partial charge in [-0.05, 0) is 25.0 Å². The molecular formula is C13H21NO6S. The molecule has 1 aliphatic rings. The van der Waals surface area contributed by atoms with E-state index in [1.807, 2.05) is 0 Å². The van der Waals surface area contributed by atoms with E-state index in [9.17, 15) is 18.5 Å². The lowest BCUT2D eigenvalue weighted by atomic mass is 9.87. The third-order valence-corrected chi connectivity index (χ3v) is 4.32. The van der Waals surface area contributed by atoms with Crippen LogP contribution in [-0.4, -0.2) is 36.6 Å². The van der Waals surface area contributed by atoms with Crippen molar-refractivity contribution in [1.82, 2.24) is 0 Å². The fraction of sp³-hybridized carbons (Fsp3) is 0.692. The fourth-order valence-electron chi connectivity index (χ4n) is 2.08. The second-order valence-electron chi connectivity index (χ2n) is 5.05. The van der Waals surface area contributed by atoms with Gasteiger partial charge in [0.2, 0.25) is 5.54 Å². The maximum atomic E-state index is 11.3. The molecular weight excluding hydrogens is 298 g/mol. The standard InChI is InChI=1S/C13H21NO6S/c1-2-3-10-20-11-4-7-13(14(15)16)8-5-12(6-9-13)21(17,18)19/h5-6,8H,2-4,7,9-11H2,1H3,(H,17,18,19). The third-order valence-electron chi connectivity index (χ3n) is 3.42. The molecule has 0 aliphatic heterocycles. The van der Waals surface area contributed by atoms with E-state index < -0.39 is 20.6 Å². The van der Waals surface area contributed by atoms with Gasteiger partial charge in [-0.15, -0.1) is 0 Å². The molecule has 0 aromatic heterocycles. The second kappa shape index (κ2) is 7.67. The molecule has 0 fully saturated rings. The average Bonchev–Trinajstić information content (AvgIpc) is 2.42. The summed E-state index contributed by atoms with van der Waals surface area (Å²) in [7, 11) is -4.31. The van der Waals surface area contributed by atoms with Crippen molar-refractivity contribution in [2.45, 2.75) is 44.6 Å². The molecule has 1 unspecified atom stereocenters. The van der Waals surface area contributed by atoms with Crippen LogP contribution in [0.5, 0.6) is 0 Å². The van der Waals surface area contributed by atoms with Gasteiger partial charge in [0.15, 0.2) is 0 Å². The lowest BCUT2D eigenvalue weighted by Crippen LogP contribution is -2.37. The number of ether oxygens (including phenoxy) is 1. The summed E-state index contributed by atoms with van der Waals surface area (Å²) in [5, 5.41) is 11.3. The van der Waals surface area contributed by atoms with Gasteiger partial charge in [-0.3, -0.25) is 14.7 Å². The van der Waals surface area contributed by atoms with Gasteiger partial charge in [0.05, 0.1) is 4.91 Å². The zero-order valence-corrected chi connectivity index (χ0v) is 12.8. The number of hydrogen-bond acceptors (Lipinski definition) is 5. The molecule has 0 spiro atoms. The minimum absolute atomic E-state index is 0.0550. The molecule has 0 heterocycles. The molecule has 120 valence electrons. The van der Waals surface area contributed by atoms with Gasteiger partial charge in [0.1, 0.15) is 0 Å². The van der Waals surface area contributed by atoms with Crippen molar-refractivity contribution in [2.24, 2.45) is 0 Å². The summed E-state index contributed by atoms with van der Waals surface area (Å²) in [6.45, 7) is 3.14. The van der Waals surface area contributed by atoms with Crippen molar-refractivity contribution in [1.29, 1.82) is 0 Å². The van der Waals surface area contributed by atoms with E-state index >= 15 is 0 Å². The van der Waals surface area contributed by atoms with Crippen LogP contribution < -0.4 is 0 Å². The summed E-state index contributed by atoms with van der Waals surface area (Å²) in [6, 6.07) is 0. The highest BCUT2D eigenvalue weighted by atomic mass is 32.2. The van der Waals surface area contributed by atoms with E-state index in [-0.39, 0.29) is 17.7 Å². The molecule has 0 bridgehead atoms. The number of nitrogens with zero attached hydrogens (tertiary/aromatic N) is 1. The number of nitro groups is 1. The van der Waals surface area contributed by atoms with Crippen LogP contribution in [0.1, 0.15) is 39.0 Å². The van der Waals surface area contributed by atoms with Crippen molar-refractivity contribution in [3.8, 4) is 0 Å². The summed E-state index contributed by atoms with van der Waals surface area (Å²) in [5.74, 6) is 0. The Morgan fingerprint density at radius 1 is 1.43 bits per heavy atom. The molecule has 1 rings (SSSR count). The Kier molecular flexibility index (Phi) is 6.50. The van der Waals surface area contributed by atoms with Crippen LogP contribution >= 0.6 is 0 Å². The summed E-state index contributed by atoms with van der Waals surface area (Å²) >= 11 is 0. The zero-order chi connectivity index (χ0) is 15.9. The normalized spacial score (nSPS) is 22.1. The van der Waals surface area contributed by atoms with Crippen LogP contribution in [0, 0.1) is 10.1 Å². The molecule has 0 aromatic rings. The van der Waals surface area contributed by atoms with Gasteiger partial charge < -0.3 is 4.74 Å². The van der Waals surface area contributed by atoms with Gasteiger partial charge >= 0.3 is 0 Å². The van der Waals surface area contributed by atoms with Crippen LogP contribution in [0.4, 0.5) is 0 Å². The first-order valence-corrected chi connectivity index (χ1v) is 8.35. The predicted molar refractivity (Wildman–Crippen MR) is 78.1 cm³/mol. The highest BCUT2D eigenvalue weighted by Gasteiger charge is 2.41. The number of hydrogen-bond donors (Lipinski definition) is 1. The monoisotopic (exact) mass is 319 g/mol. The molecule has 1 N–H and O–H groups in total. The topological polar surface area (TPSA) is 107 Å². The van der Waals surface area contributed by atoms with Crippen LogP contribution in [-0.2, 0) is 14.9 Å². The van der Waals surface area contributed by atoms with Crippen LogP contribution in [0.25, 0.3) is 0 Å². The maximum Gasteiger partial charge on any atom is 0.294 e. The van der Waals surface area contributed by atoms with Gasteiger partial charge in [0, 0.05) is 31.0 Å². The Morgan fingerprint density at radius 3 is 2.57 bits per heavy atom. The Morgan fingerprint density at radius 2 is 2.10 bits per heavy atom. The second-order valence-corrected chi connectivity index (χ2v) is 6.47. The first kappa shape index (κ1) is 17.8. The maximum absolute atomic E-state index is 11.3. The molecule has 0 saturated heterocycles. The molecule has 0 amide bonds. The predicted octanol–water partition coefficient (Wildman–Crippen LogP) is 2.33. The lowest BCUT2D eigenvalue weighted by molar-refractivity contribution is -0.555. The van der Waals surface area contributed by atoms with Crippen molar-refractivity contribution in [2.75, 3.05) is 13.2 Å². The number of allylic oxidation sites excluding steroid dienone is 1. The molecule has 1 aliphatic carbocycles. The van der Waals surface area contributed by atoms with E-state index in [0.717, 1.165) is 18.9 Å². The Bertz CT molecular complexity index is 525. The Labute approximate surface area is 124 Å². The molecule has 8 heteroatoms. The highest BCUT2D eigenvalue weighted by molar-refractivity contribution is 7.90. The summed E-state index contributed by atoms with van der Waals surface area (Å²) in [4.78, 5) is 10.6. The zero-order valence-electron chi connectivity index (χ0n) is 12.0. The highest BCUT2D eigenvalue weighted by Crippen LogP contribution is 2.30. The van der Waals surface area contributed by atoms with E-state index in [1.165, 1.54) is 12.2 Å². The molecule has 21 heavy (non-hydrogen) atoms. The third kappa shape index (κ3) is 5.22. The largest absolute Gasteiger partial charge is 0.381 e. The minimum atomic E-state index is -4.31. The molecule has 1 atom stereocenters.